The summed E-state index contributed by atoms with van der Waals surface area (Å²) in [6.07, 6.45) is 0. The van der Waals surface area contributed by atoms with E-state index >= 15 is 0 Å². The van der Waals surface area contributed by atoms with E-state index in [0.29, 0.717) is 18.2 Å². The molecule has 5 nitrogen and oxygen atoms in total. The third-order valence-corrected chi connectivity index (χ3v) is 5.48. The van der Waals surface area contributed by atoms with Crippen LogP contribution in [0.1, 0.15) is 43.4 Å². The number of hydrogen-bond donors (Lipinski definition) is 1. The number of nitrogens with one attached hydrogen (secondary N) is 1. The molecular weight excluding hydrogens is 432 g/mol. The van der Waals surface area contributed by atoms with Crippen LogP contribution in [0, 0.1) is 6.92 Å². The van der Waals surface area contributed by atoms with Crippen molar-refractivity contribution in [1.82, 2.24) is 10.2 Å². The van der Waals surface area contributed by atoms with E-state index in [9.17, 15) is 9.59 Å². The molecule has 6 heteroatoms. The molecule has 0 unspecified atom stereocenters. The molecule has 2 aromatic carbocycles. The molecule has 29 heavy (non-hydrogen) atoms. The van der Waals surface area contributed by atoms with Crippen LogP contribution in [0.2, 0.25) is 0 Å². The summed E-state index contributed by atoms with van der Waals surface area (Å²) in [6.45, 7) is 8.16. The lowest BCUT2D eigenvalue weighted by Gasteiger charge is -2.28. The Balaban J connectivity index is 2.14. The second-order valence-electron chi connectivity index (χ2n) is 7.43. The van der Waals surface area contributed by atoms with Crippen molar-refractivity contribution >= 4 is 27.7 Å². The van der Waals surface area contributed by atoms with Crippen molar-refractivity contribution in [1.29, 1.82) is 0 Å². The Kier molecular flexibility index (Phi) is 8.26. The Labute approximate surface area is 181 Å². The van der Waals surface area contributed by atoms with Gasteiger partial charge in [-0.2, -0.15) is 0 Å². The molecule has 0 fully saturated rings. The van der Waals surface area contributed by atoms with Crippen molar-refractivity contribution < 1.29 is 14.3 Å². The second kappa shape index (κ2) is 10.4. The molecule has 2 rings (SSSR count). The molecule has 0 bridgehead atoms. The van der Waals surface area contributed by atoms with Gasteiger partial charge in [0.1, 0.15) is 11.8 Å². The van der Waals surface area contributed by atoms with Crippen LogP contribution >= 0.6 is 15.9 Å². The van der Waals surface area contributed by atoms with Gasteiger partial charge >= 0.3 is 0 Å². The van der Waals surface area contributed by atoms with Crippen molar-refractivity contribution in [3.05, 3.63) is 63.6 Å². The number of rotatable bonds is 8. The number of aryl methyl sites for hydroxylation is 1. The quantitative estimate of drug-likeness (QED) is 0.633. The highest BCUT2D eigenvalue weighted by molar-refractivity contribution is 9.10. The minimum Gasteiger partial charge on any atom is -0.483 e. The highest BCUT2D eigenvalue weighted by Gasteiger charge is 2.26. The minimum absolute atomic E-state index is 0.146. The molecule has 156 valence electrons. The van der Waals surface area contributed by atoms with Gasteiger partial charge in [0.2, 0.25) is 5.91 Å². The van der Waals surface area contributed by atoms with Crippen molar-refractivity contribution in [2.75, 3.05) is 13.7 Å². The highest BCUT2D eigenvalue weighted by Crippen LogP contribution is 2.29. The number of benzene rings is 2. The molecule has 0 radical (unpaired) electrons. The topological polar surface area (TPSA) is 58.6 Å². The molecule has 2 aromatic rings. The molecule has 0 aliphatic rings. The normalized spacial score (nSPS) is 11.8. The van der Waals surface area contributed by atoms with Crippen LogP contribution in [0.4, 0.5) is 0 Å². The summed E-state index contributed by atoms with van der Waals surface area (Å²) >= 11 is 3.51. The van der Waals surface area contributed by atoms with E-state index in [4.69, 9.17) is 4.74 Å². The Bertz CT molecular complexity index is 850. The fourth-order valence-electron chi connectivity index (χ4n) is 2.90. The highest BCUT2D eigenvalue weighted by atomic mass is 79.9. The SMILES string of the molecule is CNC(=O)[C@H](C)N(Cc1ccc(C)cc1)C(=O)COc1ccc(C(C)C)cc1Br. The van der Waals surface area contributed by atoms with E-state index in [1.165, 1.54) is 5.56 Å². The van der Waals surface area contributed by atoms with E-state index in [1.54, 1.807) is 18.9 Å². The summed E-state index contributed by atoms with van der Waals surface area (Å²) in [6, 6.07) is 13.2. The van der Waals surface area contributed by atoms with Gasteiger partial charge in [0.15, 0.2) is 6.61 Å². The fourth-order valence-corrected chi connectivity index (χ4v) is 3.41. The van der Waals surface area contributed by atoms with Crippen LogP contribution in [0.25, 0.3) is 0 Å². The zero-order chi connectivity index (χ0) is 21.6. The van der Waals surface area contributed by atoms with Crippen LogP contribution in [-0.2, 0) is 16.1 Å². The first-order valence-corrected chi connectivity index (χ1v) is 10.5. The lowest BCUT2D eigenvalue weighted by atomic mass is 10.0. The molecule has 0 saturated heterocycles. The molecule has 0 aliphatic carbocycles. The van der Waals surface area contributed by atoms with Crippen molar-refractivity contribution in [2.45, 2.75) is 46.2 Å². The molecule has 1 N–H and O–H groups in total. The predicted octanol–water partition coefficient (Wildman–Crippen LogP) is 4.42. The van der Waals surface area contributed by atoms with Gasteiger partial charge in [-0.1, -0.05) is 49.7 Å². The summed E-state index contributed by atoms with van der Waals surface area (Å²) in [5, 5.41) is 2.61. The van der Waals surface area contributed by atoms with Gasteiger partial charge in [0, 0.05) is 13.6 Å². The van der Waals surface area contributed by atoms with Gasteiger partial charge in [-0.3, -0.25) is 9.59 Å². The Morgan fingerprint density at radius 2 is 1.76 bits per heavy atom. The minimum atomic E-state index is -0.607. The summed E-state index contributed by atoms with van der Waals surface area (Å²) in [5.74, 6) is 0.542. The van der Waals surface area contributed by atoms with Gasteiger partial charge in [0.25, 0.3) is 5.91 Å². The fraction of sp³-hybridized carbons (Fsp3) is 0.391. The number of hydrogen-bond acceptors (Lipinski definition) is 3. The standard InChI is InChI=1S/C23H29BrN2O3/c1-15(2)19-10-11-21(20(24)12-19)29-14-22(27)26(17(4)23(28)25-5)13-18-8-6-16(3)7-9-18/h6-12,15,17H,13-14H2,1-5H3,(H,25,28)/t17-/m0/s1. The number of likely N-dealkylation sites (N-methyl/N-ethyl adjacent to an activating group) is 1. The number of carbonyl (C=O) groups is 2. The number of amides is 2. The van der Waals surface area contributed by atoms with E-state index in [2.05, 4.69) is 35.1 Å². The molecule has 0 aliphatic heterocycles. The summed E-state index contributed by atoms with van der Waals surface area (Å²) < 4.78 is 6.57. The molecular formula is C23H29BrN2O3. The Morgan fingerprint density at radius 3 is 2.31 bits per heavy atom. The summed E-state index contributed by atoms with van der Waals surface area (Å²) in [4.78, 5) is 26.7. The van der Waals surface area contributed by atoms with Crippen molar-refractivity contribution in [3.8, 4) is 5.75 Å². The smallest absolute Gasteiger partial charge is 0.261 e. The van der Waals surface area contributed by atoms with Crippen LogP contribution in [-0.4, -0.2) is 36.4 Å². The number of carbonyl (C=O) groups excluding carboxylic acids is 2. The predicted molar refractivity (Wildman–Crippen MR) is 119 cm³/mol. The molecule has 2 amide bonds. The maximum absolute atomic E-state index is 12.9. The first-order chi connectivity index (χ1) is 13.7. The molecule has 0 saturated carbocycles. The Hall–Kier alpha value is -2.34. The van der Waals surface area contributed by atoms with Gasteiger partial charge in [-0.05, 0) is 59.0 Å². The first-order valence-electron chi connectivity index (χ1n) is 9.71. The second-order valence-corrected chi connectivity index (χ2v) is 8.29. The van der Waals surface area contributed by atoms with Gasteiger partial charge in [-0.25, -0.2) is 0 Å². The van der Waals surface area contributed by atoms with Crippen molar-refractivity contribution in [2.24, 2.45) is 0 Å². The zero-order valence-electron chi connectivity index (χ0n) is 17.7. The van der Waals surface area contributed by atoms with E-state index in [-0.39, 0.29) is 18.4 Å². The van der Waals surface area contributed by atoms with E-state index < -0.39 is 6.04 Å². The molecule has 0 aromatic heterocycles. The van der Waals surface area contributed by atoms with Gasteiger partial charge in [0.05, 0.1) is 4.47 Å². The first kappa shape index (κ1) is 22.9. The summed E-state index contributed by atoms with van der Waals surface area (Å²) in [5.41, 5.74) is 3.29. The number of nitrogens with zero attached hydrogens (tertiary/aromatic N) is 1. The maximum Gasteiger partial charge on any atom is 0.261 e. The zero-order valence-corrected chi connectivity index (χ0v) is 19.2. The Morgan fingerprint density at radius 1 is 1.10 bits per heavy atom. The molecule has 0 spiro atoms. The maximum atomic E-state index is 12.9. The van der Waals surface area contributed by atoms with Crippen LogP contribution in [0.15, 0.2) is 46.9 Å². The van der Waals surface area contributed by atoms with Crippen LogP contribution in [0.3, 0.4) is 0 Å². The van der Waals surface area contributed by atoms with Crippen molar-refractivity contribution in [3.63, 3.8) is 0 Å². The number of halogens is 1. The average molecular weight is 461 g/mol. The average Bonchev–Trinajstić information content (AvgIpc) is 2.70. The van der Waals surface area contributed by atoms with Crippen LogP contribution < -0.4 is 10.1 Å². The van der Waals surface area contributed by atoms with Gasteiger partial charge in [-0.15, -0.1) is 0 Å². The molecule has 1 atom stereocenters. The van der Waals surface area contributed by atoms with Gasteiger partial charge < -0.3 is 15.0 Å². The monoisotopic (exact) mass is 460 g/mol. The van der Waals surface area contributed by atoms with E-state index in [1.807, 2.05) is 49.4 Å². The third kappa shape index (κ3) is 6.32. The molecule has 0 heterocycles. The third-order valence-electron chi connectivity index (χ3n) is 4.86. The number of ether oxygens (including phenoxy) is 1. The van der Waals surface area contributed by atoms with Crippen LogP contribution in [0.5, 0.6) is 5.75 Å². The largest absolute Gasteiger partial charge is 0.483 e. The lowest BCUT2D eigenvalue weighted by molar-refractivity contribution is -0.142. The van der Waals surface area contributed by atoms with E-state index in [0.717, 1.165) is 15.6 Å². The lowest BCUT2D eigenvalue weighted by Crippen LogP contribution is -2.48. The summed E-state index contributed by atoms with van der Waals surface area (Å²) in [7, 11) is 1.57.